The maximum atomic E-state index is 12.7. The number of benzene rings is 2. The van der Waals surface area contributed by atoms with Crippen molar-refractivity contribution in [3.63, 3.8) is 0 Å². The number of carbonyl (C=O) groups excluding carboxylic acids is 1. The molecular weight excluding hydrogens is 416 g/mol. The van der Waals surface area contributed by atoms with E-state index in [1.807, 2.05) is 0 Å². The lowest BCUT2D eigenvalue weighted by Crippen LogP contribution is -2.18. The van der Waals surface area contributed by atoms with Gasteiger partial charge in [0.25, 0.3) is 5.91 Å². The van der Waals surface area contributed by atoms with Gasteiger partial charge in [0.2, 0.25) is 10.0 Å². The van der Waals surface area contributed by atoms with E-state index in [0.717, 1.165) is 0 Å². The van der Waals surface area contributed by atoms with Gasteiger partial charge in [0.1, 0.15) is 11.5 Å². The maximum absolute atomic E-state index is 12.7. The predicted octanol–water partition coefficient (Wildman–Crippen LogP) is 4.54. The second-order valence-electron chi connectivity index (χ2n) is 6.07. The molecule has 7 nitrogen and oxygen atoms in total. The molecule has 0 aliphatic rings. The first kappa shape index (κ1) is 22.8. The molecule has 2 aromatic rings. The van der Waals surface area contributed by atoms with Gasteiger partial charge < -0.3 is 14.8 Å². The molecule has 9 heteroatoms. The van der Waals surface area contributed by atoms with Crippen molar-refractivity contribution >= 4 is 38.9 Å². The van der Waals surface area contributed by atoms with Crippen LogP contribution < -0.4 is 19.5 Å². The Hall–Kier alpha value is -2.45. The molecule has 0 aromatic heterocycles. The first-order chi connectivity index (χ1) is 13.8. The Morgan fingerprint density at radius 2 is 1.59 bits per heavy atom. The number of halogens is 1. The van der Waals surface area contributed by atoms with Gasteiger partial charge in [0.05, 0.1) is 40.9 Å². The molecule has 2 N–H and O–H groups in total. The summed E-state index contributed by atoms with van der Waals surface area (Å²) in [6.45, 7) is 5.99. The van der Waals surface area contributed by atoms with Crippen LogP contribution >= 0.6 is 11.6 Å². The number of hydrogen-bond acceptors (Lipinski definition) is 5. The molecular formula is C20H25ClN2O5S. The molecule has 0 aliphatic heterocycles. The van der Waals surface area contributed by atoms with Crippen LogP contribution in [0.4, 0.5) is 11.4 Å². The van der Waals surface area contributed by atoms with Crippen molar-refractivity contribution in [2.45, 2.75) is 27.2 Å². The number of rotatable bonds is 10. The molecule has 0 radical (unpaired) electrons. The highest BCUT2D eigenvalue weighted by atomic mass is 35.5. The van der Waals surface area contributed by atoms with Crippen molar-refractivity contribution in [3.05, 3.63) is 47.0 Å². The molecule has 0 saturated heterocycles. The van der Waals surface area contributed by atoms with E-state index in [4.69, 9.17) is 21.1 Å². The first-order valence-corrected chi connectivity index (χ1v) is 11.3. The second kappa shape index (κ2) is 10.4. The number of sulfonamides is 1. The van der Waals surface area contributed by atoms with Crippen LogP contribution in [0.1, 0.15) is 37.6 Å². The minimum atomic E-state index is -3.53. The smallest absolute Gasteiger partial charge is 0.257 e. The predicted molar refractivity (Wildman–Crippen MR) is 116 cm³/mol. The van der Waals surface area contributed by atoms with Gasteiger partial charge in [-0.15, -0.1) is 0 Å². The zero-order valence-electron chi connectivity index (χ0n) is 16.6. The van der Waals surface area contributed by atoms with Crippen molar-refractivity contribution in [2.24, 2.45) is 0 Å². The summed E-state index contributed by atoms with van der Waals surface area (Å²) in [5.41, 5.74) is 0.903. The van der Waals surface area contributed by atoms with Crippen LogP contribution in [0.2, 0.25) is 5.02 Å². The molecule has 0 heterocycles. The summed E-state index contributed by atoms with van der Waals surface area (Å²) < 4.78 is 38.2. The van der Waals surface area contributed by atoms with Gasteiger partial charge in [-0.2, -0.15) is 0 Å². The average Bonchev–Trinajstić information content (AvgIpc) is 2.65. The highest BCUT2D eigenvalue weighted by molar-refractivity contribution is 7.92. The third kappa shape index (κ3) is 6.27. The normalized spacial score (nSPS) is 11.0. The Bertz CT molecular complexity index is 963. The lowest BCUT2D eigenvalue weighted by Gasteiger charge is -2.18. The molecule has 0 atom stereocenters. The Labute approximate surface area is 176 Å². The molecule has 0 fully saturated rings. The van der Waals surface area contributed by atoms with E-state index in [1.54, 1.807) is 45.0 Å². The van der Waals surface area contributed by atoms with Crippen LogP contribution in [0.5, 0.6) is 11.5 Å². The zero-order chi connectivity index (χ0) is 21.4. The van der Waals surface area contributed by atoms with Crippen molar-refractivity contribution in [1.82, 2.24) is 0 Å². The molecule has 158 valence electrons. The fourth-order valence-corrected chi connectivity index (χ4v) is 3.97. The van der Waals surface area contributed by atoms with Gasteiger partial charge in [-0.3, -0.25) is 9.52 Å². The Morgan fingerprint density at radius 3 is 2.17 bits per heavy atom. The molecule has 0 unspecified atom stereocenters. The van der Waals surface area contributed by atoms with Gasteiger partial charge in [0, 0.05) is 12.1 Å². The topological polar surface area (TPSA) is 93.7 Å². The number of hydrogen-bond donors (Lipinski definition) is 2. The minimum Gasteiger partial charge on any atom is -0.492 e. The third-order valence-electron chi connectivity index (χ3n) is 3.79. The third-order valence-corrected chi connectivity index (χ3v) is 5.59. The highest BCUT2D eigenvalue weighted by Crippen LogP contribution is 2.38. The second-order valence-corrected chi connectivity index (χ2v) is 8.31. The molecule has 0 spiro atoms. The van der Waals surface area contributed by atoms with Crippen LogP contribution in [0, 0.1) is 0 Å². The van der Waals surface area contributed by atoms with Crippen molar-refractivity contribution < 1.29 is 22.7 Å². The van der Waals surface area contributed by atoms with Crippen LogP contribution in [0.3, 0.4) is 0 Å². The van der Waals surface area contributed by atoms with Gasteiger partial charge in [-0.1, -0.05) is 30.7 Å². The summed E-state index contributed by atoms with van der Waals surface area (Å²) in [6.07, 6.45) is 0.476. The SMILES string of the molecule is CCCS(=O)(=O)Nc1cc(OCC)c(NC(=O)c2ccccc2Cl)cc1OCC. The van der Waals surface area contributed by atoms with E-state index in [1.165, 1.54) is 12.1 Å². The largest absolute Gasteiger partial charge is 0.492 e. The fourth-order valence-electron chi connectivity index (χ4n) is 2.61. The van der Waals surface area contributed by atoms with E-state index in [0.29, 0.717) is 41.7 Å². The summed E-state index contributed by atoms with van der Waals surface area (Å²) >= 11 is 6.10. The van der Waals surface area contributed by atoms with Crippen molar-refractivity contribution in [1.29, 1.82) is 0 Å². The summed E-state index contributed by atoms with van der Waals surface area (Å²) in [4.78, 5) is 12.7. The molecule has 2 rings (SSSR count). The lowest BCUT2D eigenvalue weighted by molar-refractivity contribution is 0.102. The van der Waals surface area contributed by atoms with Crippen LogP contribution in [-0.4, -0.2) is 33.3 Å². The van der Waals surface area contributed by atoms with E-state index in [9.17, 15) is 13.2 Å². The van der Waals surface area contributed by atoms with Gasteiger partial charge in [-0.05, 0) is 32.4 Å². The minimum absolute atomic E-state index is 0.0203. The molecule has 29 heavy (non-hydrogen) atoms. The highest BCUT2D eigenvalue weighted by Gasteiger charge is 2.19. The summed E-state index contributed by atoms with van der Waals surface area (Å²) in [5.74, 6) is 0.155. The Balaban J connectivity index is 2.44. The van der Waals surface area contributed by atoms with E-state index in [-0.39, 0.29) is 17.2 Å². The van der Waals surface area contributed by atoms with Crippen LogP contribution in [0.25, 0.3) is 0 Å². The summed E-state index contributed by atoms with van der Waals surface area (Å²) in [6, 6.07) is 9.71. The standard InChI is InChI=1S/C20H25ClN2O5S/c1-4-11-29(25,26)23-17-13-18(27-5-2)16(12-19(17)28-6-3)22-20(24)14-9-7-8-10-15(14)21/h7-10,12-13,23H,4-6,11H2,1-3H3,(H,22,24). The quantitative estimate of drug-likeness (QED) is 0.565. The number of amides is 1. The van der Waals surface area contributed by atoms with E-state index >= 15 is 0 Å². The molecule has 2 aromatic carbocycles. The van der Waals surface area contributed by atoms with Crippen molar-refractivity contribution in [3.8, 4) is 11.5 Å². The Kier molecular flexibility index (Phi) is 8.16. The molecule has 1 amide bonds. The monoisotopic (exact) mass is 440 g/mol. The average molecular weight is 441 g/mol. The fraction of sp³-hybridized carbons (Fsp3) is 0.350. The first-order valence-electron chi connectivity index (χ1n) is 9.31. The number of nitrogens with one attached hydrogen (secondary N) is 2. The molecule has 0 bridgehead atoms. The van der Waals surface area contributed by atoms with Crippen LogP contribution in [0.15, 0.2) is 36.4 Å². The lowest BCUT2D eigenvalue weighted by atomic mass is 10.2. The van der Waals surface area contributed by atoms with Gasteiger partial charge in [-0.25, -0.2) is 8.42 Å². The van der Waals surface area contributed by atoms with Gasteiger partial charge >= 0.3 is 0 Å². The van der Waals surface area contributed by atoms with Crippen LogP contribution in [-0.2, 0) is 10.0 Å². The number of anilines is 2. The number of ether oxygens (including phenoxy) is 2. The van der Waals surface area contributed by atoms with Gasteiger partial charge in [0.15, 0.2) is 0 Å². The molecule has 0 saturated carbocycles. The van der Waals surface area contributed by atoms with E-state index in [2.05, 4.69) is 10.0 Å². The zero-order valence-corrected chi connectivity index (χ0v) is 18.2. The maximum Gasteiger partial charge on any atom is 0.257 e. The van der Waals surface area contributed by atoms with Crippen molar-refractivity contribution in [2.75, 3.05) is 29.0 Å². The van der Waals surface area contributed by atoms with E-state index < -0.39 is 15.9 Å². The molecule has 0 aliphatic carbocycles. The number of carbonyl (C=O) groups is 1. The summed E-state index contributed by atoms with van der Waals surface area (Å²) in [5, 5.41) is 3.08. The summed E-state index contributed by atoms with van der Waals surface area (Å²) in [7, 11) is -3.53. The Morgan fingerprint density at radius 1 is 1.00 bits per heavy atom.